The summed E-state index contributed by atoms with van der Waals surface area (Å²) in [5.41, 5.74) is 2.56. The molecule has 0 atom stereocenters. The molecule has 9 nitrogen and oxygen atoms in total. The summed E-state index contributed by atoms with van der Waals surface area (Å²) in [5.74, 6) is -0.860. The van der Waals surface area contributed by atoms with Gasteiger partial charge in [-0.25, -0.2) is 18.4 Å². The Morgan fingerprint density at radius 1 is 1.02 bits per heavy atom. The molecule has 1 amide bonds. The fourth-order valence-corrected chi connectivity index (χ4v) is 5.50. The Bertz CT molecular complexity index is 1700. The number of aromatic nitrogens is 4. The highest BCUT2D eigenvalue weighted by molar-refractivity contribution is 7.91. The van der Waals surface area contributed by atoms with E-state index in [2.05, 4.69) is 20.4 Å². The molecule has 0 saturated carbocycles. The molecule has 1 N–H and O–H groups in total. The number of nitrogens with zero attached hydrogens (tertiary/aromatic N) is 4. The summed E-state index contributed by atoms with van der Waals surface area (Å²) in [7, 11) is -3.03. The molecule has 222 valence electrons. The van der Waals surface area contributed by atoms with Crippen molar-refractivity contribution in [2.24, 2.45) is 0 Å². The van der Waals surface area contributed by atoms with E-state index < -0.39 is 38.5 Å². The van der Waals surface area contributed by atoms with Gasteiger partial charge in [-0.1, -0.05) is 42.0 Å². The van der Waals surface area contributed by atoms with Crippen molar-refractivity contribution in [1.82, 2.24) is 19.7 Å². The second kappa shape index (κ2) is 12.3. The van der Waals surface area contributed by atoms with Gasteiger partial charge in [-0.05, 0) is 51.0 Å². The van der Waals surface area contributed by atoms with Gasteiger partial charge in [0.25, 0.3) is 0 Å². The minimum Gasteiger partial charge on any atom is -0.496 e. The zero-order chi connectivity index (χ0) is 30.7. The number of para-hydroxylation sites is 1. The van der Waals surface area contributed by atoms with Crippen molar-refractivity contribution in [3.63, 3.8) is 0 Å². The zero-order valence-electron chi connectivity index (χ0n) is 23.5. The number of ether oxygens (including phenoxy) is 1. The number of anilines is 1. The average molecular weight is 602 g/mol. The Hall–Kier alpha value is -4.26. The molecular formula is C29H30F3N5O4S. The van der Waals surface area contributed by atoms with Crippen LogP contribution in [0.1, 0.15) is 41.1 Å². The summed E-state index contributed by atoms with van der Waals surface area (Å²) < 4.78 is 73.9. The highest BCUT2D eigenvalue weighted by Crippen LogP contribution is 2.34. The van der Waals surface area contributed by atoms with Crippen molar-refractivity contribution in [2.45, 2.75) is 51.5 Å². The molecule has 2 heterocycles. The number of hydrogen-bond donors (Lipinski definition) is 1. The van der Waals surface area contributed by atoms with Gasteiger partial charge in [0.05, 0.1) is 42.2 Å². The maximum Gasteiger partial charge on any atom is 0.433 e. The van der Waals surface area contributed by atoms with E-state index >= 15 is 0 Å². The Labute approximate surface area is 241 Å². The van der Waals surface area contributed by atoms with Gasteiger partial charge < -0.3 is 10.1 Å². The van der Waals surface area contributed by atoms with Gasteiger partial charge in [-0.2, -0.15) is 18.3 Å². The van der Waals surface area contributed by atoms with Crippen LogP contribution in [0, 0.1) is 20.8 Å². The Morgan fingerprint density at radius 3 is 2.38 bits per heavy atom. The molecule has 0 unspecified atom stereocenters. The average Bonchev–Trinajstić information content (AvgIpc) is 3.20. The lowest BCUT2D eigenvalue weighted by Crippen LogP contribution is -2.18. The van der Waals surface area contributed by atoms with Gasteiger partial charge in [0, 0.05) is 12.0 Å². The SMILES string of the molecule is COc1ccccc1-c1cc(C(F)(F)F)nc(S(=O)(=O)CCCC(=O)Nc2c(C)nn(Cc3ccc(C)cc3)c2C)n1. The predicted octanol–water partition coefficient (Wildman–Crippen LogP) is 5.53. The lowest BCUT2D eigenvalue weighted by Gasteiger charge is -2.13. The Balaban J connectivity index is 1.47. The van der Waals surface area contributed by atoms with Crippen LogP contribution in [0.3, 0.4) is 0 Å². The van der Waals surface area contributed by atoms with Crippen LogP contribution in [0.5, 0.6) is 5.75 Å². The van der Waals surface area contributed by atoms with Gasteiger partial charge in [0.1, 0.15) is 11.4 Å². The molecule has 0 bridgehead atoms. The summed E-state index contributed by atoms with van der Waals surface area (Å²) in [6.07, 6.45) is -5.27. The molecule has 13 heteroatoms. The predicted molar refractivity (Wildman–Crippen MR) is 151 cm³/mol. The van der Waals surface area contributed by atoms with Crippen LogP contribution in [0.25, 0.3) is 11.3 Å². The van der Waals surface area contributed by atoms with Gasteiger partial charge >= 0.3 is 6.18 Å². The zero-order valence-corrected chi connectivity index (χ0v) is 24.3. The second-order valence-electron chi connectivity index (χ2n) is 9.78. The number of methoxy groups -OCH3 is 1. The van der Waals surface area contributed by atoms with E-state index in [0.717, 1.165) is 16.8 Å². The third-order valence-corrected chi connectivity index (χ3v) is 8.14. The minimum atomic E-state index is -4.91. The molecule has 0 saturated heterocycles. The largest absolute Gasteiger partial charge is 0.496 e. The first-order valence-corrected chi connectivity index (χ1v) is 14.7. The van der Waals surface area contributed by atoms with Gasteiger partial charge in [-0.3, -0.25) is 9.48 Å². The number of aryl methyl sites for hydroxylation is 2. The van der Waals surface area contributed by atoms with E-state index in [4.69, 9.17) is 4.74 Å². The first-order chi connectivity index (χ1) is 19.8. The number of sulfone groups is 1. The van der Waals surface area contributed by atoms with Crippen LogP contribution in [0.15, 0.2) is 59.8 Å². The highest BCUT2D eigenvalue weighted by Gasteiger charge is 2.35. The molecule has 0 spiro atoms. The number of carbonyl (C=O) groups excluding carboxylic acids is 1. The summed E-state index contributed by atoms with van der Waals surface area (Å²) >= 11 is 0. The van der Waals surface area contributed by atoms with Crippen LogP contribution in [0.4, 0.5) is 18.9 Å². The van der Waals surface area contributed by atoms with Crippen molar-refractivity contribution in [2.75, 3.05) is 18.2 Å². The molecule has 42 heavy (non-hydrogen) atoms. The highest BCUT2D eigenvalue weighted by atomic mass is 32.2. The molecular weight excluding hydrogens is 571 g/mol. The number of halogens is 3. The molecule has 0 radical (unpaired) electrons. The number of nitrogens with one attached hydrogen (secondary N) is 1. The summed E-state index contributed by atoms with van der Waals surface area (Å²) in [6.45, 7) is 6.08. The fourth-order valence-electron chi connectivity index (χ4n) is 4.32. The smallest absolute Gasteiger partial charge is 0.433 e. The summed E-state index contributed by atoms with van der Waals surface area (Å²) in [6, 6.07) is 14.8. The second-order valence-corrected chi connectivity index (χ2v) is 11.8. The van der Waals surface area contributed by atoms with Crippen LogP contribution < -0.4 is 10.1 Å². The number of benzene rings is 2. The standard InChI is InChI=1S/C29H30F3N5O4S/c1-18-11-13-21(14-12-18)17-37-20(3)27(19(2)36-37)35-26(38)10-7-15-42(39,40)28-33-23(16-25(34-28)29(30,31)32)22-8-5-6-9-24(22)41-4/h5-6,8-9,11-14,16H,7,10,15,17H2,1-4H3,(H,35,38). The Morgan fingerprint density at radius 2 is 1.71 bits per heavy atom. The molecule has 0 aliphatic heterocycles. The number of amides is 1. The molecule has 2 aromatic carbocycles. The monoisotopic (exact) mass is 601 g/mol. The molecule has 0 fully saturated rings. The third kappa shape index (κ3) is 7.14. The van der Waals surface area contributed by atoms with E-state index in [1.54, 1.807) is 23.7 Å². The van der Waals surface area contributed by atoms with E-state index in [-0.39, 0.29) is 29.8 Å². The number of hydrogen-bond acceptors (Lipinski definition) is 7. The van der Waals surface area contributed by atoms with Crippen LogP contribution in [-0.2, 0) is 27.4 Å². The first kappa shape index (κ1) is 30.7. The van der Waals surface area contributed by atoms with Crippen molar-refractivity contribution in [3.05, 3.63) is 82.8 Å². The molecule has 2 aromatic heterocycles. The van der Waals surface area contributed by atoms with Crippen LogP contribution in [-0.4, -0.2) is 46.9 Å². The van der Waals surface area contributed by atoms with E-state index in [0.29, 0.717) is 24.0 Å². The lowest BCUT2D eigenvalue weighted by atomic mass is 10.1. The van der Waals surface area contributed by atoms with Crippen molar-refractivity contribution < 1.29 is 31.1 Å². The summed E-state index contributed by atoms with van der Waals surface area (Å²) in [5, 5.41) is 6.31. The van der Waals surface area contributed by atoms with E-state index in [1.165, 1.54) is 19.2 Å². The molecule has 0 aliphatic rings. The molecule has 4 rings (SSSR count). The van der Waals surface area contributed by atoms with Crippen LogP contribution in [0.2, 0.25) is 0 Å². The maximum absolute atomic E-state index is 13.6. The van der Waals surface area contributed by atoms with Gasteiger partial charge in [0.15, 0.2) is 0 Å². The topological polar surface area (TPSA) is 116 Å². The minimum absolute atomic E-state index is 0.159. The number of rotatable bonds is 10. The van der Waals surface area contributed by atoms with Gasteiger partial charge in [-0.15, -0.1) is 0 Å². The molecule has 4 aromatic rings. The Kier molecular flexibility index (Phi) is 9.00. The quantitative estimate of drug-likeness (QED) is 0.238. The number of alkyl halides is 3. The molecule has 0 aliphatic carbocycles. The van der Waals surface area contributed by atoms with E-state index in [9.17, 15) is 26.4 Å². The van der Waals surface area contributed by atoms with E-state index in [1.807, 2.05) is 38.1 Å². The normalized spacial score (nSPS) is 11.9. The summed E-state index contributed by atoms with van der Waals surface area (Å²) in [4.78, 5) is 20.0. The van der Waals surface area contributed by atoms with Gasteiger partial charge in [0.2, 0.25) is 20.9 Å². The fraction of sp³-hybridized carbons (Fsp3) is 0.310. The number of carbonyl (C=O) groups is 1. The first-order valence-electron chi connectivity index (χ1n) is 13.0. The maximum atomic E-state index is 13.6. The van der Waals surface area contributed by atoms with Crippen molar-refractivity contribution >= 4 is 21.4 Å². The lowest BCUT2D eigenvalue weighted by molar-refractivity contribution is -0.141. The third-order valence-electron chi connectivity index (χ3n) is 6.57. The van der Waals surface area contributed by atoms with Crippen molar-refractivity contribution in [1.29, 1.82) is 0 Å². The van der Waals surface area contributed by atoms with Crippen molar-refractivity contribution in [3.8, 4) is 17.0 Å². The van der Waals surface area contributed by atoms with Crippen LogP contribution >= 0.6 is 0 Å².